The van der Waals surface area contributed by atoms with Crippen molar-refractivity contribution in [2.45, 2.75) is 11.8 Å². The second-order valence-corrected chi connectivity index (χ2v) is 5.74. The average molecular weight is 268 g/mol. The zero-order valence-electron chi connectivity index (χ0n) is 10.1. The number of nitrogens with two attached hydrogens (primary N) is 1. The SMILES string of the molecule is CCN(CCN)S(=O)(=O)c1c[nH]c2ncccc12. The molecule has 0 aliphatic rings. The van der Waals surface area contributed by atoms with Crippen LogP contribution in [0.4, 0.5) is 0 Å². The number of aromatic nitrogens is 2. The van der Waals surface area contributed by atoms with Crippen LogP contribution in [0.3, 0.4) is 0 Å². The number of nitrogens with zero attached hydrogens (tertiary/aromatic N) is 2. The maximum absolute atomic E-state index is 12.5. The Kier molecular flexibility index (Phi) is 3.65. The molecule has 0 saturated heterocycles. The van der Waals surface area contributed by atoms with Crippen molar-refractivity contribution < 1.29 is 8.42 Å². The average Bonchev–Trinajstić information content (AvgIpc) is 2.80. The summed E-state index contributed by atoms with van der Waals surface area (Å²) in [4.78, 5) is 7.20. The molecule has 6 nitrogen and oxygen atoms in total. The number of rotatable bonds is 5. The van der Waals surface area contributed by atoms with E-state index in [-0.39, 0.29) is 4.90 Å². The van der Waals surface area contributed by atoms with Crippen molar-refractivity contribution in [3.8, 4) is 0 Å². The van der Waals surface area contributed by atoms with E-state index in [9.17, 15) is 8.42 Å². The highest BCUT2D eigenvalue weighted by molar-refractivity contribution is 7.89. The van der Waals surface area contributed by atoms with E-state index in [0.29, 0.717) is 30.7 Å². The molecule has 0 amide bonds. The summed E-state index contributed by atoms with van der Waals surface area (Å²) in [6.07, 6.45) is 3.10. The minimum absolute atomic E-state index is 0.251. The number of sulfonamides is 1. The standard InChI is InChI=1S/C11H16N4O2S/c1-2-15(7-5-12)18(16,17)10-8-14-11-9(10)4-3-6-13-11/h3-4,6,8H,2,5,7,12H2,1H3,(H,13,14). The van der Waals surface area contributed by atoms with Gasteiger partial charge in [0.25, 0.3) is 0 Å². The van der Waals surface area contributed by atoms with Gasteiger partial charge in [0, 0.05) is 37.4 Å². The van der Waals surface area contributed by atoms with Gasteiger partial charge in [-0.15, -0.1) is 0 Å². The second kappa shape index (κ2) is 5.05. The summed E-state index contributed by atoms with van der Waals surface area (Å²) in [5.74, 6) is 0. The molecule has 2 aromatic heterocycles. The molecule has 0 atom stereocenters. The highest BCUT2D eigenvalue weighted by Gasteiger charge is 2.25. The number of likely N-dealkylation sites (N-methyl/N-ethyl adjacent to an activating group) is 1. The van der Waals surface area contributed by atoms with Crippen LogP contribution in [0, 0.1) is 0 Å². The van der Waals surface area contributed by atoms with Gasteiger partial charge < -0.3 is 10.7 Å². The van der Waals surface area contributed by atoms with Crippen molar-refractivity contribution in [1.82, 2.24) is 14.3 Å². The number of aromatic amines is 1. The largest absolute Gasteiger partial charge is 0.345 e. The van der Waals surface area contributed by atoms with Gasteiger partial charge >= 0.3 is 0 Å². The highest BCUT2D eigenvalue weighted by Crippen LogP contribution is 2.23. The predicted molar refractivity (Wildman–Crippen MR) is 69.6 cm³/mol. The molecule has 98 valence electrons. The van der Waals surface area contributed by atoms with Crippen molar-refractivity contribution in [3.05, 3.63) is 24.5 Å². The van der Waals surface area contributed by atoms with E-state index in [0.717, 1.165) is 0 Å². The summed E-state index contributed by atoms with van der Waals surface area (Å²) in [5, 5.41) is 0.605. The first-order valence-electron chi connectivity index (χ1n) is 5.73. The van der Waals surface area contributed by atoms with Crippen LogP contribution in [0.15, 0.2) is 29.4 Å². The molecule has 2 rings (SSSR count). The Morgan fingerprint density at radius 3 is 2.94 bits per heavy atom. The first-order valence-corrected chi connectivity index (χ1v) is 7.17. The molecule has 18 heavy (non-hydrogen) atoms. The summed E-state index contributed by atoms with van der Waals surface area (Å²) >= 11 is 0. The summed E-state index contributed by atoms with van der Waals surface area (Å²) in [6, 6.07) is 3.45. The Morgan fingerprint density at radius 2 is 2.28 bits per heavy atom. The fraction of sp³-hybridized carbons (Fsp3) is 0.364. The Morgan fingerprint density at radius 1 is 1.50 bits per heavy atom. The van der Waals surface area contributed by atoms with E-state index in [1.165, 1.54) is 10.5 Å². The van der Waals surface area contributed by atoms with Gasteiger partial charge in [-0.05, 0) is 12.1 Å². The van der Waals surface area contributed by atoms with Gasteiger partial charge in [0.15, 0.2) is 0 Å². The summed E-state index contributed by atoms with van der Waals surface area (Å²) in [7, 11) is -3.51. The minimum Gasteiger partial charge on any atom is -0.345 e. The smallest absolute Gasteiger partial charge is 0.245 e. The van der Waals surface area contributed by atoms with Crippen molar-refractivity contribution in [2.24, 2.45) is 5.73 Å². The molecule has 2 heterocycles. The van der Waals surface area contributed by atoms with Crippen molar-refractivity contribution >= 4 is 21.1 Å². The zero-order chi connectivity index (χ0) is 13.2. The monoisotopic (exact) mass is 268 g/mol. The molecule has 0 aromatic carbocycles. The van der Waals surface area contributed by atoms with Gasteiger partial charge in [0.05, 0.1) is 0 Å². The van der Waals surface area contributed by atoms with Gasteiger partial charge in [0.2, 0.25) is 10.0 Å². The number of H-pyrrole nitrogens is 1. The normalized spacial score (nSPS) is 12.4. The number of hydrogen-bond donors (Lipinski definition) is 2. The van der Waals surface area contributed by atoms with Crippen LogP contribution < -0.4 is 5.73 Å². The van der Waals surface area contributed by atoms with Crippen LogP contribution in [0.2, 0.25) is 0 Å². The van der Waals surface area contributed by atoms with Crippen LogP contribution in [-0.2, 0) is 10.0 Å². The quantitative estimate of drug-likeness (QED) is 0.827. The van der Waals surface area contributed by atoms with Crippen LogP contribution in [0.25, 0.3) is 11.0 Å². The number of hydrogen-bond acceptors (Lipinski definition) is 4. The van der Waals surface area contributed by atoms with Gasteiger partial charge in [-0.25, -0.2) is 13.4 Å². The van der Waals surface area contributed by atoms with Crippen LogP contribution >= 0.6 is 0 Å². The molecule has 0 fully saturated rings. The molecule has 0 bridgehead atoms. The lowest BCUT2D eigenvalue weighted by molar-refractivity contribution is 0.436. The summed E-state index contributed by atoms with van der Waals surface area (Å²) in [6.45, 7) is 2.80. The van der Waals surface area contributed by atoms with Gasteiger partial charge in [-0.2, -0.15) is 4.31 Å². The molecular weight excluding hydrogens is 252 g/mol. The molecular formula is C11H16N4O2S. The second-order valence-electron chi connectivity index (χ2n) is 3.84. The topological polar surface area (TPSA) is 92.1 Å². The Hall–Kier alpha value is -1.44. The third kappa shape index (κ3) is 2.12. The van der Waals surface area contributed by atoms with E-state index in [2.05, 4.69) is 9.97 Å². The van der Waals surface area contributed by atoms with Crippen molar-refractivity contribution in [2.75, 3.05) is 19.6 Å². The Balaban J connectivity index is 2.52. The van der Waals surface area contributed by atoms with Crippen molar-refractivity contribution in [1.29, 1.82) is 0 Å². The maximum atomic E-state index is 12.5. The number of pyridine rings is 1. The van der Waals surface area contributed by atoms with Crippen LogP contribution in [-0.4, -0.2) is 42.3 Å². The van der Waals surface area contributed by atoms with E-state index in [1.807, 2.05) is 0 Å². The first kappa shape index (κ1) is 13.0. The van der Waals surface area contributed by atoms with E-state index in [1.54, 1.807) is 25.3 Å². The van der Waals surface area contributed by atoms with Crippen LogP contribution in [0.1, 0.15) is 6.92 Å². The lowest BCUT2D eigenvalue weighted by Gasteiger charge is -2.18. The Bertz CT molecular complexity index is 635. The summed E-state index contributed by atoms with van der Waals surface area (Å²) in [5.41, 5.74) is 6.01. The predicted octanol–water partition coefficient (Wildman–Crippen LogP) is 0.532. The minimum atomic E-state index is -3.51. The van der Waals surface area contributed by atoms with E-state index >= 15 is 0 Å². The van der Waals surface area contributed by atoms with Gasteiger partial charge in [0.1, 0.15) is 10.5 Å². The summed E-state index contributed by atoms with van der Waals surface area (Å²) < 4.78 is 26.3. The highest BCUT2D eigenvalue weighted by atomic mass is 32.2. The number of fused-ring (bicyclic) bond motifs is 1. The lowest BCUT2D eigenvalue weighted by Crippen LogP contribution is -2.35. The van der Waals surface area contributed by atoms with E-state index in [4.69, 9.17) is 5.73 Å². The molecule has 3 N–H and O–H groups in total. The molecule has 0 radical (unpaired) electrons. The molecule has 0 unspecified atom stereocenters. The van der Waals surface area contributed by atoms with Crippen molar-refractivity contribution in [3.63, 3.8) is 0 Å². The molecule has 0 aliphatic heterocycles. The Labute approximate surface area is 106 Å². The maximum Gasteiger partial charge on any atom is 0.245 e. The van der Waals surface area contributed by atoms with Gasteiger partial charge in [-0.1, -0.05) is 6.92 Å². The zero-order valence-corrected chi connectivity index (χ0v) is 10.9. The van der Waals surface area contributed by atoms with Gasteiger partial charge in [-0.3, -0.25) is 0 Å². The first-order chi connectivity index (χ1) is 8.61. The third-order valence-electron chi connectivity index (χ3n) is 2.76. The molecule has 2 aromatic rings. The lowest BCUT2D eigenvalue weighted by atomic mass is 10.3. The molecule has 0 saturated carbocycles. The van der Waals surface area contributed by atoms with E-state index < -0.39 is 10.0 Å². The molecule has 0 aliphatic carbocycles. The van der Waals surface area contributed by atoms with Crippen LogP contribution in [0.5, 0.6) is 0 Å². The third-order valence-corrected chi connectivity index (χ3v) is 4.78. The molecule has 7 heteroatoms. The molecule has 0 spiro atoms. The number of nitrogens with one attached hydrogen (secondary N) is 1. The fourth-order valence-corrected chi connectivity index (χ4v) is 3.49. The fourth-order valence-electron chi connectivity index (χ4n) is 1.88.